The number of Topliss-reactive ketones (excluding diaryl/α,β-unsaturated/α-hetero) is 1. The molecular weight excluding hydrogens is 310 g/mol. The number of rotatable bonds is 4. The Morgan fingerprint density at radius 3 is 2.46 bits per heavy atom. The lowest BCUT2D eigenvalue weighted by Crippen LogP contribution is -2.25. The quantitative estimate of drug-likeness (QED) is 0.901. The van der Waals surface area contributed by atoms with Crippen LogP contribution in [0, 0.1) is 0 Å². The van der Waals surface area contributed by atoms with Crippen LogP contribution in [0.5, 0.6) is 17.2 Å². The lowest BCUT2D eigenvalue weighted by atomic mass is 10.1. The number of benzene rings is 2. The third-order valence-electron chi connectivity index (χ3n) is 3.73. The molecule has 3 rings (SSSR count). The second-order valence-corrected chi connectivity index (χ2v) is 5.13. The van der Waals surface area contributed by atoms with Gasteiger partial charge in [-0.3, -0.25) is 9.59 Å². The van der Waals surface area contributed by atoms with Crippen LogP contribution >= 0.6 is 0 Å². The molecule has 0 atom stereocenters. The van der Waals surface area contributed by atoms with Gasteiger partial charge < -0.3 is 19.9 Å². The normalized spacial score (nSPS) is 12.4. The van der Waals surface area contributed by atoms with Gasteiger partial charge in [-0.1, -0.05) is 18.2 Å². The maximum atomic E-state index is 12.6. The molecule has 2 aromatic rings. The van der Waals surface area contributed by atoms with E-state index in [1.165, 1.54) is 26.4 Å². The molecule has 1 amide bonds. The first kappa shape index (κ1) is 15.6. The van der Waals surface area contributed by atoms with E-state index in [2.05, 4.69) is 5.32 Å². The minimum absolute atomic E-state index is 0.0227. The Kier molecular flexibility index (Phi) is 3.95. The number of allylic oxidation sites excluding steroid dienone is 1. The van der Waals surface area contributed by atoms with E-state index in [1.807, 2.05) is 0 Å². The van der Waals surface area contributed by atoms with Gasteiger partial charge in [0, 0.05) is 5.56 Å². The molecule has 1 aliphatic rings. The van der Waals surface area contributed by atoms with E-state index in [0.29, 0.717) is 11.1 Å². The summed E-state index contributed by atoms with van der Waals surface area (Å²) in [4.78, 5) is 24.8. The summed E-state index contributed by atoms with van der Waals surface area (Å²) in [5.74, 6) is -0.863. The lowest BCUT2D eigenvalue weighted by molar-refractivity contribution is 0.0934. The van der Waals surface area contributed by atoms with Crippen LogP contribution in [0.25, 0.3) is 6.08 Å². The highest BCUT2D eigenvalue weighted by Gasteiger charge is 2.31. The summed E-state index contributed by atoms with van der Waals surface area (Å²) >= 11 is 0. The van der Waals surface area contributed by atoms with Crippen LogP contribution in [-0.2, 0) is 0 Å². The number of amides is 1. The van der Waals surface area contributed by atoms with Gasteiger partial charge in [-0.15, -0.1) is 0 Å². The first-order chi connectivity index (χ1) is 11.6. The van der Waals surface area contributed by atoms with Gasteiger partial charge in [0.15, 0.2) is 11.5 Å². The summed E-state index contributed by atoms with van der Waals surface area (Å²) in [6.07, 6.45) is 1.53. The SMILES string of the molecule is COc1cc2c(c(OC)c1O)C(=O)C(NC(=O)c1ccccc1)=C2. The minimum Gasteiger partial charge on any atom is -0.502 e. The van der Waals surface area contributed by atoms with Crippen LogP contribution in [0.2, 0.25) is 0 Å². The Balaban J connectivity index is 1.96. The molecule has 2 N–H and O–H groups in total. The van der Waals surface area contributed by atoms with E-state index in [1.54, 1.807) is 30.3 Å². The molecule has 0 aromatic heterocycles. The predicted octanol–water partition coefficient (Wildman–Crippen LogP) is 2.38. The van der Waals surface area contributed by atoms with E-state index < -0.39 is 11.7 Å². The molecule has 6 nitrogen and oxygen atoms in total. The van der Waals surface area contributed by atoms with E-state index in [9.17, 15) is 14.7 Å². The van der Waals surface area contributed by atoms with Crippen molar-refractivity contribution in [2.24, 2.45) is 0 Å². The molecule has 0 heterocycles. The fourth-order valence-electron chi connectivity index (χ4n) is 2.58. The maximum Gasteiger partial charge on any atom is 0.255 e. The molecule has 24 heavy (non-hydrogen) atoms. The number of phenols is 1. The second kappa shape index (κ2) is 6.08. The third kappa shape index (κ3) is 2.48. The van der Waals surface area contributed by atoms with Crippen molar-refractivity contribution in [3.05, 3.63) is 58.8 Å². The Hall–Kier alpha value is -3.28. The summed E-state index contributed by atoms with van der Waals surface area (Å²) in [5.41, 5.74) is 1.26. The molecule has 0 saturated heterocycles. The molecule has 6 heteroatoms. The number of hydrogen-bond donors (Lipinski definition) is 2. The highest BCUT2D eigenvalue weighted by Crippen LogP contribution is 2.44. The standard InChI is InChI=1S/C18H15NO5/c1-23-13-9-11-8-12(15(20)14(11)17(24-2)16(13)21)19-18(22)10-6-4-3-5-7-10/h3-9,21H,1-2H3,(H,19,20,22). The van der Waals surface area contributed by atoms with Crippen molar-refractivity contribution < 1.29 is 24.2 Å². The topological polar surface area (TPSA) is 84.9 Å². The molecule has 0 bridgehead atoms. The van der Waals surface area contributed by atoms with Gasteiger partial charge in [0.1, 0.15) is 0 Å². The summed E-state index contributed by atoms with van der Waals surface area (Å²) in [5, 5.41) is 12.7. The van der Waals surface area contributed by atoms with Crippen molar-refractivity contribution in [2.75, 3.05) is 14.2 Å². The Morgan fingerprint density at radius 1 is 1.12 bits per heavy atom. The van der Waals surface area contributed by atoms with Crippen LogP contribution in [0.15, 0.2) is 42.1 Å². The van der Waals surface area contributed by atoms with E-state index >= 15 is 0 Å². The van der Waals surface area contributed by atoms with Crippen LogP contribution in [0.3, 0.4) is 0 Å². The van der Waals surface area contributed by atoms with Gasteiger partial charge >= 0.3 is 0 Å². The molecule has 0 unspecified atom stereocenters. The van der Waals surface area contributed by atoms with E-state index in [4.69, 9.17) is 9.47 Å². The van der Waals surface area contributed by atoms with Crippen LogP contribution < -0.4 is 14.8 Å². The predicted molar refractivity (Wildman–Crippen MR) is 87.4 cm³/mol. The second-order valence-electron chi connectivity index (χ2n) is 5.13. The number of ether oxygens (including phenoxy) is 2. The van der Waals surface area contributed by atoms with Crippen molar-refractivity contribution >= 4 is 17.8 Å². The van der Waals surface area contributed by atoms with Crippen LogP contribution in [0.1, 0.15) is 26.3 Å². The summed E-state index contributed by atoms with van der Waals surface area (Å²) in [6, 6.07) is 10.1. The first-order valence-corrected chi connectivity index (χ1v) is 7.17. The molecule has 1 aliphatic carbocycles. The Bertz CT molecular complexity index is 855. The van der Waals surface area contributed by atoms with Crippen molar-refractivity contribution in [2.45, 2.75) is 0 Å². The zero-order chi connectivity index (χ0) is 17.3. The maximum absolute atomic E-state index is 12.6. The van der Waals surface area contributed by atoms with Crippen LogP contribution in [0.4, 0.5) is 0 Å². The van der Waals surface area contributed by atoms with Crippen LogP contribution in [-0.4, -0.2) is 31.0 Å². The van der Waals surface area contributed by atoms with Gasteiger partial charge in [0.25, 0.3) is 5.91 Å². The van der Waals surface area contributed by atoms with Crippen molar-refractivity contribution in [3.63, 3.8) is 0 Å². The number of methoxy groups -OCH3 is 2. The lowest BCUT2D eigenvalue weighted by Gasteiger charge is -2.12. The molecule has 122 valence electrons. The minimum atomic E-state index is -0.427. The van der Waals surface area contributed by atoms with Gasteiger partial charge in [-0.25, -0.2) is 0 Å². The number of hydrogen-bond acceptors (Lipinski definition) is 5. The Labute approximate surface area is 138 Å². The molecule has 2 aromatic carbocycles. The molecular formula is C18H15NO5. The zero-order valence-corrected chi connectivity index (χ0v) is 13.1. The smallest absolute Gasteiger partial charge is 0.255 e. The van der Waals surface area contributed by atoms with E-state index in [-0.39, 0.29) is 28.5 Å². The van der Waals surface area contributed by atoms with E-state index in [0.717, 1.165) is 0 Å². The number of carbonyl (C=O) groups is 2. The van der Waals surface area contributed by atoms with Gasteiger partial charge in [0.2, 0.25) is 11.5 Å². The largest absolute Gasteiger partial charge is 0.502 e. The van der Waals surface area contributed by atoms with Gasteiger partial charge in [-0.2, -0.15) is 0 Å². The third-order valence-corrected chi connectivity index (χ3v) is 3.73. The number of nitrogens with one attached hydrogen (secondary N) is 1. The molecule has 0 radical (unpaired) electrons. The van der Waals surface area contributed by atoms with Crippen molar-refractivity contribution in [3.8, 4) is 17.2 Å². The Morgan fingerprint density at radius 2 is 1.83 bits per heavy atom. The molecule has 0 fully saturated rings. The number of carbonyl (C=O) groups excluding carboxylic acids is 2. The van der Waals surface area contributed by atoms with Gasteiger partial charge in [-0.05, 0) is 29.8 Å². The molecule has 0 saturated carbocycles. The van der Waals surface area contributed by atoms with Gasteiger partial charge in [0.05, 0.1) is 25.5 Å². The number of aromatic hydroxyl groups is 1. The summed E-state index contributed by atoms with van der Waals surface area (Å²) in [6.45, 7) is 0. The summed E-state index contributed by atoms with van der Waals surface area (Å²) < 4.78 is 10.2. The molecule has 0 aliphatic heterocycles. The summed E-state index contributed by atoms with van der Waals surface area (Å²) in [7, 11) is 2.75. The van der Waals surface area contributed by atoms with Crippen molar-refractivity contribution in [1.82, 2.24) is 5.32 Å². The first-order valence-electron chi connectivity index (χ1n) is 7.17. The average Bonchev–Trinajstić information content (AvgIpc) is 2.91. The monoisotopic (exact) mass is 325 g/mol. The fraction of sp³-hybridized carbons (Fsp3) is 0.111. The highest BCUT2D eigenvalue weighted by molar-refractivity contribution is 6.21. The zero-order valence-electron chi connectivity index (χ0n) is 13.1. The number of fused-ring (bicyclic) bond motifs is 1. The van der Waals surface area contributed by atoms with Crippen molar-refractivity contribution in [1.29, 1.82) is 0 Å². The fourth-order valence-corrected chi connectivity index (χ4v) is 2.58. The highest BCUT2D eigenvalue weighted by atomic mass is 16.5. The molecule has 0 spiro atoms. The number of phenolic OH excluding ortho intramolecular Hbond substituents is 1. The number of ketones is 1. The average molecular weight is 325 g/mol.